The third-order valence-corrected chi connectivity index (χ3v) is 6.64. The smallest absolute Gasteiger partial charge is 0.244 e. The van der Waals surface area contributed by atoms with Gasteiger partial charge in [-0.05, 0) is 29.8 Å². The molecule has 3 aromatic rings. The second kappa shape index (κ2) is 6.68. The molecule has 1 aliphatic rings. The van der Waals surface area contributed by atoms with E-state index in [2.05, 4.69) is 10.3 Å². The topological polar surface area (TPSA) is 82.5 Å². The summed E-state index contributed by atoms with van der Waals surface area (Å²) in [5, 5.41) is 13.7. The van der Waals surface area contributed by atoms with Crippen molar-refractivity contribution in [3.63, 3.8) is 0 Å². The maximum absolute atomic E-state index is 13.5. The third kappa shape index (κ3) is 2.84. The van der Waals surface area contributed by atoms with Gasteiger partial charge in [-0.3, -0.25) is 4.98 Å². The standard InChI is InChI=1S/C19H19N3O3S/c23-17-8-9-18(15-7-4-10-21-19(15)17)26(24,25)22-12-11-20-13-16(22)14-5-2-1-3-6-14/h1-10,16,20,23H,11-13H2. The van der Waals surface area contributed by atoms with Crippen LogP contribution in [0, 0.1) is 0 Å². The zero-order valence-corrected chi connectivity index (χ0v) is 14.9. The summed E-state index contributed by atoms with van der Waals surface area (Å²) in [6.07, 6.45) is 1.54. The largest absolute Gasteiger partial charge is 0.506 e. The highest BCUT2D eigenvalue weighted by Crippen LogP contribution is 2.34. The van der Waals surface area contributed by atoms with Crippen LogP contribution < -0.4 is 5.32 Å². The van der Waals surface area contributed by atoms with Crippen LogP contribution in [0.2, 0.25) is 0 Å². The average Bonchev–Trinajstić information content (AvgIpc) is 2.69. The van der Waals surface area contributed by atoms with Crippen LogP contribution in [-0.4, -0.2) is 42.4 Å². The zero-order chi connectivity index (χ0) is 18.1. The van der Waals surface area contributed by atoms with Crippen molar-refractivity contribution in [1.29, 1.82) is 0 Å². The zero-order valence-electron chi connectivity index (χ0n) is 14.0. The number of benzene rings is 2. The minimum Gasteiger partial charge on any atom is -0.506 e. The van der Waals surface area contributed by atoms with Crippen molar-refractivity contribution in [2.45, 2.75) is 10.9 Å². The molecule has 1 fully saturated rings. The Morgan fingerprint density at radius 1 is 1.08 bits per heavy atom. The van der Waals surface area contributed by atoms with Gasteiger partial charge in [0, 0.05) is 31.2 Å². The first kappa shape index (κ1) is 17.0. The van der Waals surface area contributed by atoms with Crippen LogP contribution in [0.5, 0.6) is 5.75 Å². The number of phenols is 1. The number of aromatic nitrogens is 1. The van der Waals surface area contributed by atoms with E-state index in [9.17, 15) is 13.5 Å². The lowest BCUT2D eigenvalue weighted by Gasteiger charge is -2.35. The Morgan fingerprint density at radius 2 is 1.88 bits per heavy atom. The Kier molecular flexibility index (Phi) is 4.36. The van der Waals surface area contributed by atoms with Gasteiger partial charge in [-0.2, -0.15) is 4.31 Å². The van der Waals surface area contributed by atoms with Crippen LogP contribution in [0.3, 0.4) is 0 Å². The fraction of sp³-hybridized carbons (Fsp3) is 0.211. The number of fused-ring (bicyclic) bond motifs is 1. The van der Waals surface area contributed by atoms with E-state index < -0.39 is 10.0 Å². The highest BCUT2D eigenvalue weighted by molar-refractivity contribution is 7.89. The molecule has 0 bridgehead atoms. The molecule has 0 aliphatic carbocycles. The van der Waals surface area contributed by atoms with Crippen LogP contribution in [-0.2, 0) is 10.0 Å². The van der Waals surface area contributed by atoms with Gasteiger partial charge in [-0.1, -0.05) is 30.3 Å². The van der Waals surface area contributed by atoms with Crippen molar-refractivity contribution in [3.05, 3.63) is 66.4 Å². The number of pyridine rings is 1. The lowest BCUT2D eigenvalue weighted by atomic mass is 10.1. The van der Waals surface area contributed by atoms with Gasteiger partial charge < -0.3 is 10.4 Å². The molecule has 1 aromatic heterocycles. The van der Waals surface area contributed by atoms with Gasteiger partial charge in [0.15, 0.2) is 0 Å². The molecule has 1 saturated heterocycles. The first-order valence-electron chi connectivity index (χ1n) is 8.43. The maximum Gasteiger partial charge on any atom is 0.244 e. The summed E-state index contributed by atoms with van der Waals surface area (Å²) < 4.78 is 28.5. The van der Waals surface area contributed by atoms with Gasteiger partial charge in [0.2, 0.25) is 10.0 Å². The van der Waals surface area contributed by atoms with E-state index in [-0.39, 0.29) is 16.7 Å². The molecule has 2 N–H and O–H groups in total. The highest BCUT2D eigenvalue weighted by atomic mass is 32.2. The molecule has 26 heavy (non-hydrogen) atoms. The van der Waals surface area contributed by atoms with Gasteiger partial charge >= 0.3 is 0 Å². The summed E-state index contributed by atoms with van der Waals surface area (Å²) in [6.45, 7) is 1.53. The van der Waals surface area contributed by atoms with Crippen LogP contribution in [0.25, 0.3) is 10.9 Å². The number of sulfonamides is 1. The molecule has 1 aliphatic heterocycles. The van der Waals surface area contributed by atoms with Gasteiger partial charge in [0.05, 0.1) is 10.9 Å². The van der Waals surface area contributed by atoms with Crippen molar-refractivity contribution in [2.75, 3.05) is 19.6 Å². The van der Waals surface area contributed by atoms with Gasteiger partial charge in [-0.25, -0.2) is 8.42 Å². The molecule has 1 atom stereocenters. The summed E-state index contributed by atoms with van der Waals surface area (Å²) in [5.74, 6) is -0.0283. The number of phenolic OH excluding ortho intramolecular Hbond substituents is 1. The second-order valence-electron chi connectivity index (χ2n) is 6.23. The minimum absolute atomic E-state index is 0.0283. The predicted molar refractivity (Wildman–Crippen MR) is 99.4 cm³/mol. The summed E-state index contributed by atoms with van der Waals surface area (Å²) in [4.78, 5) is 4.30. The van der Waals surface area contributed by atoms with Crippen LogP contribution in [0.1, 0.15) is 11.6 Å². The Balaban J connectivity index is 1.84. The molecule has 2 aromatic carbocycles. The predicted octanol–water partition coefficient (Wildman–Crippen LogP) is 2.28. The maximum atomic E-state index is 13.5. The minimum atomic E-state index is -3.76. The van der Waals surface area contributed by atoms with E-state index in [1.165, 1.54) is 22.6 Å². The first-order valence-corrected chi connectivity index (χ1v) is 9.87. The quantitative estimate of drug-likeness (QED) is 0.740. The number of hydrogen-bond donors (Lipinski definition) is 2. The van der Waals surface area contributed by atoms with Gasteiger partial charge in [-0.15, -0.1) is 0 Å². The van der Waals surface area contributed by atoms with Crippen LogP contribution >= 0.6 is 0 Å². The molecular formula is C19H19N3O3S. The SMILES string of the molecule is O=S(=O)(c1ccc(O)c2ncccc12)N1CCNCC1c1ccccc1. The van der Waals surface area contributed by atoms with E-state index in [0.29, 0.717) is 30.5 Å². The Labute approximate surface area is 152 Å². The molecule has 0 amide bonds. The fourth-order valence-corrected chi connectivity index (χ4v) is 5.21. The number of nitrogens with one attached hydrogen (secondary N) is 1. The Morgan fingerprint density at radius 3 is 2.69 bits per heavy atom. The van der Waals surface area contributed by atoms with E-state index in [4.69, 9.17) is 0 Å². The third-order valence-electron chi connectivity index (χ3n) is 4.67. The summed E-state index contributed by atoms with van der Waals surface area (Å²) in [6, 6.07) is 15.5. The molecule has 2 heterocycles. The van der Waals surface area contributed by atoms with E-state index in [0.717, 1.165) is 5.56 Å². The molecule has 0 radical (unpaired) electrons. The van der Waals surface area contributed by atoms with Crippen molar-refractivity contribution < 1.29 is 13.5 Å². The Hall–Kier alpha value is -2.48. The number of hydrogen-bond acceptors (Lipinski definition) is 5. The van der Waals surface area contributed by atoms with Crippen molar-refractivity contribution in [2.24, 2.45) is 0 Å². The van der Waals surface area contributed by atoms with Gasteiger partial charge in [0.1, 0.15) is 11.3 Å². The monoisotopic (exact) mass is 369 g/mol. The van der Waals surface area contributed by atoms with E-state index in [1.54, 1.807) is 12.1 Å². The highest BCUT2D eigenvalue weighted by Gasteiger charge is 2.35. The van der Waals surface area contributed by atoms with Gasteiger partial charge in [0.25, 0.3) is 0 Å². The Bertz CT molecular complexity index is 1040. The number of nitrogens with zero attached hydrogens (tertiary/aromatic N) is 2. The molecule has 0 spiro atoms. The summed E-state index contributed by atoms with van der Waals surface area (Å²) >= 11 is 0. The van der Waals surface area contributed by atoms with Crippen molar-refractivity contribution >= 4 is 20.9 Å². The molecule has 7 heteroatoms. The number of aromatic hydroxyl groups is 1. The fourth-order valence-electron chi connectivity index (χ4n) is 3.42. The van der Waals surface area contributed by atoms with Crippen molar-refractivity contribution in [1.82, 2.24) is 14.6 Å². The first-order chi connectivity index (χ1) is 12.6. The number of piperazine rings is 1. The molecule has 134 valence electrons. The van der Waals surface area contributed by atoms with Crippen LogP contribution in [0.4, 0.5) is 0 Å². The molecule has 6 nitrogen and oxygen atoms in total. The lowest BCUT2D eigenvalue weighted by Crippen LogP contribution is -2.48. The number of rotatable bonds is 3. The molecular weight excluding hydrogens is 350 g/mol. The second-order valence-corrected chi connectivity index (χ2v) is 8.09. The van der Waals surface area contributed by atoms with Crippen LogP contribution in [0.15, 0.2) is 65.7 Å². The molecule has 0 saturated carbocycles. The van der Waals surface area contributed by atoms with Crippen molar-refractivity contribution in [3.8, 4) is 5.75 Å². The lowest BCUT2D eigenvalue weighted by molar-refractivity contribution is 0.271. The van der Waals surface area contributed by atoms with E-state index in [1.807, 2.05) is 30.3 Å². The molecule has 1 unspecified atom stereocenters. The normalized spacial score (nSPS) is 18.8. The summed E-state index contributed by atoms with van der Waals surface area (Å²) in [7, 11) is -3.76. The average molecular weight is 369 g/mol. The molecule has 4 rings (SSSR count). The van der Waals surface area contributed by atoms with E-state index >= 15 is 0 Å². The summed E-state index contributed by atoms with van der Waals surface area (Å²) in [5.41, 5.74) is 1.24.